The summed E-state index contributed by atoms with van der Waals surface area (Å²) in [6, 6.07) is 0. The van der Waals surface area contributed by atoms with E-state index in [1.165, 1.54) is 0 Å². The van der Waals surface area contributed by atoms with Crippen LogP contribution < -0.4 is 0 Å². The van der Waals surface area contributed by atoms with E-state index in [0.717, 1.165) is 10.2 Å². The molecule has 0 radical (unpaired) electrons. The lowest BCUT2D eigenvalue weighted by molar-refractivity contribution is 0.770. The Hall–Kier alpha value is -0.820. The quantitative estimate of drug-likeness (QED) is 0.587. The van der Waals surface area contributed by atoms with Crippen molar-refractivity contribution in [3.8, 4) is 0 Å². The van der Waals surface area contributed by atoms with Gasteiger partial charge in [-0.1, -0.05) is 22.5 Å². The van der Waals surface area contributed by atoms with Crippen molar-refractivity contribution in [2.45, 2.75) is 6.92 Å². The molecule has 1 aromatic rings. The molecule has 0 unspecified atom stereocenters. The summed E-state index contributed by atoms with van der Waals surface area (Å²) in [4.78, 5) is 3.29. The van der Waals surface area contributed by atoms with Gasteiger partial charge >= 0.3 is 0 Å². The molecule has 1 aromatic heterocycles. The zero-order valence-corrected chi connectivity index (χ0v) is 7.31. The predicted octanol–water partition coefficient (Wildman–Crippen LogP) is 2.04. The van der Waals surface area contributed by atoms with Gasteiger partial charge in [-0.15, -0.1) is 5.10 Å². The van der Waals surface area contributed by atoms with Crippen molar-refractivity contribution in [2.75, 3.05) is 0 Å². The minimum absolute atomic E-state index is 0.553. The van der Waals surface area contributed by atoms with Crippen molar-refractivity contribution in [3.05, 3.63) is 21.6 Å². The average Bonchev–Trinajstić information content (AvgIpc) is 2.09. The van der Waals surface area contributed by atoms with Crippen LogP contribution in [0.2, 0.25) is 0 Å². The third kappa shape index (κ3) is 0.929. The van der Waals surface area contributed by atoms with Crippen LogP contribution in [0.5, 0.6) is 0 Å². The van der Waals surface area contributed by atoms with E-state index in [-0.39, 0.29) is 0 Å². The second-order valence-electron chi connectivity index (χ2n) is 1.96. The minimum Gasteiger partial charge on any atom is -0.361 e. The highest BCUT2D eigenvalue weighted by atomic mass is 79.9. The molecule has 0 fully saturated rings. The molecule has 0 saturated carbocycles. The van der Waals surface area contributed by atoms with Crippen molar-refractivity contribution in [1.29, 1.82) is 0 Å². The van der Waals surface area contributed by atoms with Crippen molar-refractivity contribution in [2.24, 2.45) is 7.05 Å². The standard InChI is InChI=1S/C6H6BrN3/c1-4-5(7)6(8-2)10(3)9-4/h1,3H3. The van der Waals surface area contributed by atoms with E-state index in [0.29, 0.717) is 5.82 Å². The summed E-state index contributed by atoms with van der Waals surface area (Å²) >= 11 is 3.26. The molecule has 1 heterocycles. The van der Waals surface area contributed by atoms with E-state index in [1.807, 2.05) is 6.92 Å². The van der Waals surface area contributed by atoms with Crippen molar-refractivity contribution in [1.82, 2.24) is 9.78 Å². The number of nitrogens with zero attached hydrogens (tertiary/aromatic N) is 3. The van der Waals surface area contributed by atoms with Gasteiger partial charge in [-0.05, 0) is 6.92 Å². The fourth-order valence-electron chi connectivity index (χ4n) is 0.742. The number of aromatic nitrogens is 2. The van der Waals surface area contributed by atoms with E-state index < -0.39 is 0 Å². The minimum atomic E-state index is 0.553. The predicted molar refractivity (Wildman–Crippen MR) is 41.9 cm³/mol. The highest BCUT2D eigenvalue weighted by molar-refractivity contribution is 9.10. The second kappa shape index (κ2) is 2.43. The SMILES string of the molecule is [C-]#[N+]c1c(Br)c(C)nn1C. The monoisotopic (exact) mass is 199 g/mol. The maximum absolute atomic E-state index is 6.77. The molecule has 0 N–H and O–H groups in total. The van der Waals surface area contributed by atoms with Crippen LogP contribution in [0.15, 0.2) is 4.47 Å². The molecule has 0 aliphatic heterocycles. The largest absolute Gasteiger partial charge is 0.361 e. The molecule has 0 saturated heterocycles. The zero-order valence-electron chi connectivity index (χ0n) is 5.72. The highest BCUT2D eigenvalue weighted by Gasteiger charge is 2.09. The van der Waals surface area contributed by atoms with E-state index in [2.05, 4.69) is 25.9 Å². The van der Waals surface area contributed by atoms with Gasteiger partial charge in [0.15, 0.2) is 0 Å². The molecular weight excluding hydrogens is 194 g/mol. The van der Waals surface area contributed by atoms with E-state index in [1.54, 1.807) is 11.7 Å². The molecule has 0 atom stereocenters. The summed E-state index contributed by atoms with van der Waals surface area (Å²) in [5.74, 6) is 0.553. The lowest BCUT2D eigenvalue weighted by atomic mass is 10.5. The van der Waals surface area contributed by atoms with Gasteiger partial charge in [0.05, 0.1) is 17.2 Å². The maximum atomic E-state index is 6.77. The lowest BCUT2D eigenvalue weighted by Crippen LogP contribution is -1.87. The summed E-state index contributed by atoms with van der Waals surface area (Å²) in [5, 5.41) is 4.04. The Morgan fingerprint density at radius 3 is 2.50 bits per heavy atom. The Balaban J connectivity index is 3.37. The van der Waals surface area contributed by atoms with Crippen LogP contribution in [0.25, 0.3) is 4.85 Å². The smallest absolute Gasteiger partial charge is 0.266 e. The fraction of sp³-hybridized carbons (Fsp3) is 0.333. The first-order chi connectivity index (χ1) is 4.66. The molecule has 3 nitrogen and oxygen atoms in total. The molecule has 0 spiro atoms. The van der Waals surface area contributed by atoms with Crippen LogP contribution in [0.4, 0.5) is 5.82 Å². The van der Waals surface area contributed by atoms with Crippen LogP contribution in [0, 0.1) is 13.5 Å². The van der Waals surface area contributed by atoms with E-state index in [4.69, 9.17) is 6.57 Å². The molecule has 0 amide bonds. The summed E-state index contributed by atoms with van der Waals surface area (Å²) < 4.78 is 2.36. The Morgan fingerprint density at radius 2 is 2.30 bits per heavy atom. The second-order valence-corrected chi connectivity index (χ2v) is 2.75. The number of aryl methyl sites for hydroxylation is 2. The normalized spacial score (nSPS) is 9.40. The van der Waals surface area contributed by atoms with Crippen molar-refractivity contribution >= 4 is 21.7 Å². The first-order valence-electron chi connectivity index (χ1n) is 2.73. The molecule has 0 aromatic carbocycles. The molecular formula is C6H6BrN3. The van der Waals surface area contributed by atoms with Crippen molar-refractivity contribution < 1.29 is 0 Å². The fourth-order valence-corrected chi connectivity index (χ4v) is 1.17. The first kappa shape index (κ1) is 7.29. The summed E-state index contributed by atoms with van der Waals surface area (Å²) in [6.07, 6.45) is 0. The summed E-state index contributed by atoms with van der Waals surface area (Å²) in [7, 11) is 1.76. The highest BCUT2D eigenvalue weighted by Crippen LogP contribution is 2.27. The van der Waals surface area contributed by atoms with Gasteiger partial charge in [0.2, 0.25) is 0 Å². The number of rotatable bonds is 0. The van der Waals surface area contributed by atoms with Gasteiger partial charge in [-0.2, -0.15) is 4.68 Å². The number of hydrogen-bond acceptors (Lipinski definition) is 1. The molecule has 0 aliphatic rings. The van der Waals surface area contributed by atoms with Gasteiger partial charge in [-0.25, -0.2) is 0 Å². The Kier molecular flexibility index (Phi) is 1.77. The molecule has 1 rings (SSSR count). The Labute approximate surface area is 67.6 Å². The molecule has 4 heteroatoms. The topological polar surface area (TPSA) is 22.2 Å². The van der Waals surface area contributed by atoms with Crippen molar-refractivity contribution in [3.63, 3.8) is 0 Å². The molecule has 0 aliphatic carbocycles. The summed E-state index contributed by atoms with van der Waals surface area (Å²) in [5.41, 5.74) is 0.855. The number of halogens is 1. The summed E-state index contributed by atoms with van der Waals surface area (Å²) in [6.45, 7) is 8.63. The first-order valence-corrected chi connectivity index (χ1v) is 3.52. The van der Waals surface area contributed by atoms with Gasteiger partial charge in [0.25, 0.3) is 5.82 Å². The average molecular weight is 200 g/mol. The third-order valence-electron chi connectivity index (χ3n) is 1.23. The maximum Gasteiger partial charge on any atom is 0.266 e. The zero-order chi connectivity index (χ0) is 7.72. The Morgan fingerprint density at radius 1 is 1.70 bits per heavy atom. The van der Waals surface area contributed by atoms with Gasteiger partial charge in [-0.3, -0.25) is 0 Å². The lowest BCUT2D eigenvalue weighted by Gasteiger charge is -1.86. The van der Waals surface area contributed by atoms with Crippen LogP contribution in [0.1, 0.15) is 5.69 Å². The molecule has 0 bridgehead atoms. The number of hydrogen-bond donors (Lipinski definition) is 0. The Bertz CT molecular complexity index is 295. The van der Waals surface area contributed by atoms with Crippen LogP contribution in [-0.4, -0.2) is 9.78 Å². The van der Waals surface area contributed by atoms with Crippen LogP contribution in [-0.2, 0) is 7.05 Å². The van der Waals surface area contributed by atoms with E-state index in [9.17, 15) is 0 Å². The molecule has 10 heavy (non-hydrogen) atoms. The molecule has 52 valence electrons. The van der Waals surface area contributed by atoms with Crippen LogP contribution >= 0.6 is 15.9 Å². The van der Waals surface area contributed by atoms with Gasteiger partial charge in [0.1, 0.15) is 0 Å². The van der Waals surface area contributed by atoms with Gasteiger partial charge < -0.3 is 4.85 Å². The van der Waals surface area contributed by atoms with Gasteiger partial charge in [0, 0.05) is 0 Å². The third-order valence-corrected chi connectivity index (χ3v) is 2.15. The van der Waals surface area contributed by atoms with Crippen LogP contribution in [0.3, 0.4) is 0 Å². The van der Waals surface area contributed by atoms with E-state index >= 15 is 0 Å².